The third-order valence-corrected chi connectivity index (χ3v) is 3.51. The van der Waals surface area contributed by atoms with Crippen molar-refractivity contribution in [2.75, 3.05) is 0 Å². The molecule has 98 valence electrons. The van der Waals surface area contributed by atoms with Crippen molar-refractivity contribution in [1.29, 1.82) is 0 Å². The Morgan fingerprint density at radius 3 is 2.84 bits per heavy atom. The van der Waals surface area contributed by atoms with Crippen LogP contribution in [-0.2, 0) is 19.7 Å². The summed E-state index contributed by atoms with van der Waals surface area (Å²) in [5.74, 6) is 0. The van der Waals surface area contributed by atoms with Crippen molar-refractivity contribution in [3.63, 3.8) is 0 Å². The van der Waals surface area contributed by atoms with Gasteiger partial charge >= 0.3 is 0 Å². The van der Waals surface area contributed by atoms with Gasteiger partial charge in [-0.05, 0) is 13.0 Å². The maximum absolute atomic E-state index is 9.44. The molecule has 0 aliphatic heterocycles. The van der Waals surface area contributed by atoms with E-state index in [0.29, 0.717) is 0 Å². The van der Waals surface area contributed by atoms with Crippen molar-refractivity contribution in [3.05, 3.63) is 54.2 Å². The molecule has 0 aliphatic rings. The number of rotatable bonds is 4. The van der Waals surface area contributed by atoms with Crippen molar-refractivity contribution in [2.45, 2.75) is 26.6 Å². The number of fused-ring (bicyclic) bond motifs is 1. The van der Waals surface area contributed by atoms with E-state index in [9.17, 15) is 5.11 Å². The fraction of sp³-hybridized carbons (Fsp3) is 0.267. The molecule has 4 nitrogen and oxygen atoms in total. The first-order chi connectivity index (χ1) is 9.33. The summed E-state index contributed by atoms with van der Waals surface area (Å²) in [6, 6.07) is 8.16. The maximum Gasteiger partial charge on any atom is 0.0948 e. The molecular formula is C15H17N3O. The summed E-state index contributed by atoms with van der Waals surface area (Å²) in [5, 5.41) is 10.6. The smallest absolute Gasteiger partial charge is 0.0948 e. The van der Waals surface area contributed by atoms with Gasteiger partial charge in [-0.3, -0.25) is 0 Å². The molecule has 0 atom stereocenters. The monoisotopic (exact) mass is 255 g/mol. The predicted molar refractivity (Wildman–Crippen MR) is 74.9 cm³/mol. The van der Waals surface area contributed by atoms with Crippen LogP contribution in [0.25, 0.3) is 10.9 Å². The van der Waals surface area contributed by atoms with Crippen LogP contribution < -0.4 is 0 Å². The summed E-state index contributed by atoms with van der Waals surface area (Å²) in [7, 11) is 0. The standard InChI is InChI=1S/C15H17N3O/c1-2-17-11-16-7-13(17)9-18-8-12(10-19)14-5-3-4-6-15(14)18/h3-8,11,19H,2,9-10H2,1H3. The van der Waals surface area contributed by atoms with Crippen LogP contribution in [0.15, 0.2) is 43.0 Å². The van der Waals surface area contributed by atoms with Crippen LogP contribution >= 0.6 is 0 Å². The fourth-order valence-electron chi connectivity index (χ4n) is 2.52. The topological polar surface area (TPSA) is 43.0 Å². The molecule has 1 aromatic carbocycles. The molecule has 0 aliphatic carbocycles. The quantitative estimate of drug-likeness (QED) is 0.778. The maximum atomic E-state index is 9.44. The number of aliphatic hydroxyl groups is 1. The van der Waals surface area contributed by atoms with Gasteiger partial charge in [-0.15, -0.1) is 0 Å². The van der Waals surface area contributed by atoms with Crippen LogP contribution in [0.1, 0.15) is 18.2 Å². The molecule has 1 N–H and O–H groups in total. The van der Waals surface area contributed by atoms with Gasteiger partial charge in [-0.25, -0.2) is 4.98 Å². The minimum Gasteiger partial charge on any atom is -0.392 e. The first-order valence-electron chi connectivity index (χ1n) is 6.50. The lowest BCUT2D eigenvalue weighted by atomic mass is 10.2. The molecule has 4 heteroatoms. The van der Waals surface area contributed by atoms with Crippen LogP contribution in [0.4, 0.5) is 0 Å². The molecule has 0 bridgehead atoms. The molecule has 0 fully saturated rings. The van der Waals surface area contributed by atoms with Gasteiger partial charge in [0.25, 0.3) is 0 Å². The van der Waals surface area contributed by atoms with E-state index in [1.165, 1.54) is 5.69 Å². The number of aliphatic hydroxyl groups excluding tert-OH is 1. The van der Waals surface area contributed by atoms with E-state index in [4.69, 9.17) is 0 Å². The van der Waals surface area contributed by atoms with E-state index in [2.05, 4.69) is 33.2 Å². The Morgan fingerprint density at radius 1 is 1.21 bits per heavy atom. The van der Waals surface area contributed by atoms with Crippen LogP contribution in [0.2, 0.25) is 0 Å². The zero-order chi connectivity index (χ0) is 13.2. The highest BCUT2D eigenvalue weighted by Crippen LogP contribution is 2.22. The summed E-state index contributed by atoms with van der Waals surface area (Å²) in [6.07, 6.45) is 5.78. The van der Waals surface area contributed by atoms with Crippen molar-refractivity contribution < 1.29 is 5.11 Å². The van der Waals surface area contributed by atoms with E-state index < -0.39 is 0 Å². The molecule has 3 rings (SSSR count). The normalized spacial score (nSPS) is 11.3. The molecule has 2 heterocycles. The minimum absolute atomic E-state index is 0.0700. The van der Waals surface area contributed by atoms with Gasteiger partial charge in [0, 0.05) is 35.4 Å². The lowest BCUT2D eigenvalue weighted by Gasteiger charge is -2.07. The highest BCUT2D eigenvalue weighted by Gasteiger charge is 2.09. The summed E-state index contributed by atoms with van der Waals surface area (Å²) in [4.78, 5) is 4.20. The van der Waals surface area contributed by atoms with Gasteiger partial charge in [-0.1, -0.05) is 18.2 Å². The second-order valence-electron chi connectivity index (χ2n) is 4.63. The Labute approximate surface area is 111 Å². The summed E-state index contributed by atoms with van der Waals surface area (Å²) >= 11 is 0. The van der Waals surface area contributed by atoms with Crippen molar-refractivity contribution >= 4 is 10.9 Å². The van der Waals surface area contributed by atoms with Crippen LogP contribution in [-0.4, -0.2) is 19.2 Å². The summed E-state index contributed by atoms with van der Waals surface area (Å²) < 4.78 is 4.30. The van der Waals surface area contributed by atoms with E-state index in [0.717, 1.165) is 29.6 Å². The third-order valence-electron chi connectivity index (χ3n) is 3.51. The number of aryl methyl sites for hydroxylation is 1. The first kappa shape index (κ1) is 12.0. The van der Waals surface area contributed by atoms with Gasteiger partial charge < -0.3 is 14.2 Å². The largest absolute Gasteiger partial charge is 0.392 e. The number of nitrogens with zero attached hydrogens (tertiary/aromatic N) is 3. The van der Waals surface area contributed by atoms with Crippen molar-refractivity contribution in [3.8, 4) is 0 Å². The zero-order valence-corrected chi connectivity index (χ0v) is 11.0. The van der Waals surface area contributed by atoms with Gasteiger partial charge in [0.1, 0.15) is 0 Å². The van der Waals surface area contributed by atoms with Crippen molar-refractivity contribution in [2.24, 2.45) is 0 Å². The first-order valence-corrected chi connectivity index (χ1v) is 6.50. The molecular weight excluding hydrogens is 238 g/mol. The Balaban J connectivity index is 2.06. The Bertz CT molecular complexity index is 696. The summed E-state index contributed by atoms with van der Waals surface area (Å²) in [6.45, 7) is 3.87. The molecule has 0 radical (unpaired) electrons. The van der Waals surface area contributed by atoms with E-state index >= 15 is 0 Å². The molecule has 3 aromatic rings. The number of imidazole rings is 1. The molecule has 19 heavy (non-hydrogen) atoms. The lowest BCUT2D eigenvalue weighted by molar-refractivity contribution is 0.283. The van der Waals surface area contributed by atoms with Crippen LogP contribution in [0, 0.1) is 0 Å². The van der Waals surface area contributed by atoms with Gasteiger partial charge in [0.15, 0.2) is 0 Å². The SMILES string of the molecule is CCn1cncc1Cn1cc(CO)c2ccccc21. The zero-order valence-electron chi connectivity index (χ0n) is 11.0. The minimum atomic E-state index is 0.0700. The van der Waals surface area contributed by atoms with Crippen LogP contribution in [0.3, 0.4) is 0 Å². The van der Waals surface area contributed by atoms with Crippen LogP contribution in [0.5, 0.6) is 0 Å². The second-order valence-corrected chi connectivity index (χ2v) is 4.63. The number of hydrogen-bond acceptors (Lipinski definition) is 2. The Kier molecular flexibility index (Phi) is 3.09. The molecule has 0 amide bonds. The highest BCUT2D eigenvalue weighted by molar-refractivity contribution is 5.83. The predicted octanol–water partition coefficient (Wildman–Crippen LogP) is 2.40. The van der Waals surface area contributed by atoms with E-state index in [-0.39, 0.29) is 6.61 Å². The van der Waals surface area contributed by atoms with E-state index in [1.807, 2.05) is 30.9 Å². The molecule has 0 saturated heterocycles. The average molecular weight is 255 g/mol. The van der Waals surface area contributed by atoms with Gasteiger partial charge in [-0.2, -0.15) is 0 Å². The second kappa shape index (κ2) is 4.90. The highest BCUT2D eigenvalue weighted by atomic mass is 16.3. The van der Waals surface area contributed by atoms with E-state index in [1.54, 1.807) is 0 Å². The summed E-state index contributed by atoms with van der Waals surface area (Å²) in [5.41, 5.74) is 3.29. The average Bonchev–Trinajstić information content (AvgIpc) is 3.04. The third kappa shape index (κ3) is 2.04. The number of para-hydroxylation sites is 1. The molecule has 0 unspecified atom stereocenters. The van der Waals surface area contributed by atoms with Gasteiger partial charge in [0.05, 0.1) is 25.2 Å². The lowest BCUT2D eigenvalue weighted by Crippen LogP contribution is -2.05. The molecule has 0 saturated carbocycles. The number of aromatic nitrogens is 3. The van der Waals surface area contributed by atoms with Crippen molar-refractivity contribution in [1.82, 2.24) is 14.1 Å². The Hall–Kier alpha value is -2.07. The Morgan fingerprint density at radius 2 is 2.05 bits per heavy atom. The van der Waals surface area contributed by atoms with Gasteiger partial charge in [0.2, 0.25) is 0 Å². The molecule has 0 spiro atoms. The number of hydrogen-bond donors (Lipinski definition) is 1. The molecule has 2 aromatic heterocycles. The fourth-order valence-corrected chi connectivity index (χ4v) is 2.52. The number of benzene rings is 1.